The van der Waals surface area contributed by atoms with E-state index in [4.69, 9.17) is 5.73 Å². The first kappa shape index (κ1) is 19.7. The van der Waals surface area contributed by atoms with E-state index in [0.717, 1.165) is 37.6 Å². The standard InChI is InChI=1S/C20H39N3O/c1-17-12-18(2)15-23(14-17)11-7-6-10-22-19(24)13-20(16-21)8-4-3-5-9-20/h17-18H,3-16,21H2,1-2H3,(H,22,24). The number of hydrogen-bond donors (Lipinski definition) is 2. The number of amides is 1. The van der Waals surface area contributed by atoms with Gasteiger partial charge < -0.3 is 16.0 Å². The Balaban J connectivity index is 1.57. The van der Waals surface area contributed by atoms with Crippen molar-refractivity contribution in [2.24, 2.45) is 23.0 Å². The van der Waals surface area contributed by atoms with Crippen LogP contribution in [0.4, 0.5) is 0 Å². The lowest BCUT2D eigenvalue weighted by atomic mass is 9.71. The molecule has 0 aromatic heterocycles. The van der Waals surface area contributed by atoms with Gasteiger partial charge >= 0.3 is 0 Å². The number of carbonyl (C=O) groups excluding carboxylic acids is 1. The Kier molecular flexibility index (Phi) is 8.02. The number of likely N-dealkylation sites (tertiary alicyclic amines) is 1. The normalized spacial score (nSPS) is 27.8. The van der Waals surface area contributed by atoms with Crippen LogP contribution in [0.2, 0.25) is 0 Å². The topological polar surface area (TPSA) is 58.4 Å². The summed E-state index contributed by atoms with van der Waals surface area (Å²) >= 11 is 0. The summed E-state index contributed by atoms with van der Waals surface area (Å²) in [7, 11) is 0. The summed E-state index contributed by atoms with van der Waals surface area (Å²) in [5.41, 5.74) is 6.07. The van der Waals surface area contributed by atoms with Gasteiger partial charge in [0.25, 0.3) is 0 Å². The van der Waals surface area contributed by atoms with Gasteiger partial charge in [0, 0.05) is 26.1 Å². The molecule has 4 heteroatoms. The second-order valence-corrected chi connectivity index (χ2v) is 8.70. The van der Waals surface area contributed by atoms with Crippen molar-refractivity contribution in [1.29, 1.82) is 0 Å². The van der Waals surface area contributed by atoms with Gasteiger partial charge in [0.05, 0.1) is 0 Å². The van der Waals surface area contributed by atoms with Crippen molar-refractivity contribution in [2.75, 3.05) is 32.7 Å². The summed E-state index contributed by atoms with van der Waals surface area (Å²) in [5.74, 6) is 1.87. The van der Waals surface area contributed by atoms with E-state index >= 15 is 0 Å². The molecule has 0 spiro atoms. The van der Waals surface area contributed by atoms with Gasteiger partial charge in [0.2, 0.25) is 5.91 Å². The molecule has 2 aliphatic rings. The molecule has 3 N–H and O–H groups in total. The minimum Gasteiger partial charge on any atom is -0.356 e. The van der Waals surface area contributed by atoms with Crippen LogP contribution in [0.3, 0.4) is 0 Å². The molecule has 1 aliphatic heterocycles. The summed E-state index contributed by atoms with van der Waals surface area (Å²) in [6.07, 6.45) is 10.3. The molecule has 2 atom stereocenters. The van der Waals surface area contributed by atoms with Crippen LogP contribution in [0.5, 0.6) is 0 Å². The van der Waals surface area contributed by atoms with Crippen molar-refractivity contribution in [3.05, 3.63) is 0 Å². The van der Waals surface area contributed by atoms with Crippen molar-refractivity contribution < 1.29 is 4.79 Å². The van der Waals surface area contributed by atoms with E-state index in [1.165, 1.54) is 51.7 Å². The molecule has 0 radical (unpaired) electrons. The minimum absolute atomic E-state index is 0.0857. The molecule has 0 aromatic carbocycles. The van der Waals surface area contributed by atoms with Gasteiger partial charge in [-0.1, -0.05) is 33.1 Å². The van der Waals surface area contributed by atoms with E-state index in [1.54, 1.807) is 0 Å². The maximum absolute atomic E-state index is 12.2. The number of nitrogens with zero attached hydrogens (tertiary/aromatic N) is 1. The zero-order valence-corrected chi connectivity index (χ0v) is 16.0. The molecule has 1 saturated heterocycles. The predicted octanol–water partition coefficient (Wildman–Crippen LogP) is 3.16. The molecule has 1 heterocycles. The molecule has 2 rings (SSSR count). The van der Waals surface area contributed by atoms with Gasteiger partial charge in [-0.3, -0.25) is 4.79 Å². The Labute approximate surface area is 148 Å². The fraction of sp³-hybridized carbons (Fsp3) is 0.950. The van der Waals surface area contributed by atoms with Gasteiger partial charge in [-0.05, 0) is 62.4 Å². The number of hydrogen-bond acceptors (Lipinski definition) is 3. The molecule has 1 aliphatic carbocycles. The molecule has 0 aromatic rings. The van der Waals surface area contributed by atoms with Gasteiger partial charge in [0.1, 0.15) is 0 Å². The Hall–Kier alpha value is -0.610. The summed E-state index contributed by atoms with van der Waals surface area (Å²) in [6, 6.07) is 0. The van der Waals surface area contributed by atoms with Crippen molar-refractivity contribution >= 4 is 5.91 Å². The summed E-state index contributed by atoms with van der Waals surface area (Å²) in [5, 5.41) is 3.13. The number of carbonyl (C=O) groups is 1. The van der Waals surface area contributed by atoms with E-state index in [2.05, 4.69) is 24.1 Å². The third-order valence-corrected chi connectivity index (χ3v) is 6.05. The van der Waals surface area contributed by atoms with E-state index in [9.17, 15) is 4.79 Å². The van der Waals surface area contributed by atoms with E-state index in [0.29, 0.717) is 13.0 Å². The molecule has 2 unspecified atom stereocenters. The largest absolute Gasteiger partial charge is 0.356 e. The second kappa shape index (κ2) is 9.76. The molecule has 24 heavy (non-hydrogen) atoms. The number of nitrogens with two attached hydrogens (primary N) is 1. The summed E-state index contributed by atoms with van der Waals surface area (Å²) in [4.78, 5) is 14.9. The first-order valence-corrected chi connectivity index (χ1v) is 10.2. The van der Waals surface area contributed by atoms with Crippen molar-refractivity contribution in [2.45, 2.75) is 71.6 Å². The highest BCUT2D eigenvalue weighted by Gasteiger charge is 2.32. The Morgan fingerprint density at radius 2 is 1.79 bits per heavy atom. The third-order valence-electron chi connectivity index (χ3n) is 6.05. The van der Waals surface area contributed by atoms with Crippen LogP contribution in [-0.4, -0.2) is 43.5 Å². The lowest BCUT2D eigenvalue weighted by molar-refractivity contribution is -0.123. The molecular formula is C20H39N3O. The summed E-state index contributed by atoms with van der Waals surface area (Å²) in [6.45, 7) is 9.87. The average Bonchev–Trinajstić information content (AvgIpc) is 2.54. The quantitative estimate of drug-likeness (QED) is 0.669. The van der Waals surface area contributed by atoms with Crippen LogP contribution < -0.4 is 11.1 Å². The smallest absolute Gasteiger partial charge is 0.220 e. The van der Waals surface area contributed by atoms with Crippen molar-refractivity contribution in [3.63, 3.8) is 0 Å². The van der Waals surface area contributed by atoms with Crippen LogP contribution in [0.15, 0.2) is 0 Å². The van der Waals surface area contributed by atoms with Gasteiger partial charge in [-0.15, -0.1) is 0 Å². The fourth-order valence-electron chi connectivity index (χ4n) is 4.82. The van der Waals surface area contributed by atoms with E-state index < -0.39 is 0 Å². The monoisotopic (exact) mass is 337 g/mol. The lowest BCUT2D eigenvalue weighted by Gasteiger charge is -2.35. The average molecular weight is 338 g/mol. The molecule has 140 valence electrons. The second-order valence-electron chi connectivity index (χ2n) is 8.70. The molecule has 1 amide bonds. The van der Waals surface area contributed by atoms with Crippen LogP contribution >= 0.6 is 0 Å². The zero-order chi connectivity index (χ0) is 17.4. The van der Waals surface area contributed by atoms with E-state index in [1.807, 2.05) is 0 Å². The molecule has 4 nitrogen and oxygen atoms in total. The Bertz CT molecular complexity index is 369. The van der Waals surface area contributed by atoms with Crippen LogP contribution in [0, 0.1) is 17.3 Å². The highest BCUT2D eigenvalue weighted by molar-refractivity contribution is 5.76. The first-order chi connectivity index (χ1) is 11.5. The number of unbranched alkanes of at least 4 members (excludes halogenated alkanes) is 1. The molecule has 0 bridgehead atoms. The van der Waals surface area contributed by atoms with E-state index in [-0.39, 0.29) is 11.3 Å². The zero-order valence-electron chi connectivity index (χ0n) is 16.0. The first-order valence-electron chi connectivity index (χ1n) is 10.2. The number of nitrogens with one attached hydrogen (secondary N) is 1. The molecule has 1 saturated carbocycles. The van der Waals surface area contributed by atoms with Crippen molar-refractivity contribution in [1.82, 2.24) is 10.2 Å². The molecular weight excluding hydrogens is 298 g/mol. The highest BCUT2D eigenvalue weighted by atomic mass is 16.1. The fourth-order valence-corrected chi connectivity index (χ4v) is 4.82. The Morgan fingerprint density at radius 3 is 2.42 bits per heavy atom. The molecule has 2 fully saturated rings. The van der Waals surface area contributed by atoms with Gasteiger partial charge in [0.15, 0.2) is 0 Å². The maximum Gasteiger partial charge on any atom is 0.220 e. The third kappa shape index (κ3) is 6.36. The minimum atomic E-state index is 0.0857. The van der Waals surface area contributed by atoms with Crippen molar-refractivity contribution in [3.8, 4) is 0 Å². The predicted molar refractivity (Wildman–Crippen MR) is 101 cm³/mol. The number of rotatable bonds is 8. The van der Waals surface area contributed by atoms with Crippen LogP contribution in [0.25, 0.3) is 0 Å². The summed E-state index contributed by atoms with van der Waals surface area (Å²) < 4.78 is 0. The van der Waals surface area contributed by atoms with Gasteiger partial charge in [-0.25, -0.2) is 0 Å². The van der Waals surface area contributed by atoms with Crippen LogP contribution in [0.1, 0.15) is 71.6 Å². The highest BCUT2D eigenvalue weighted by Crippen LogP contribution is 2.38. The SMILES string of the molecule is CC1CC(C)CN(CCCCNC(=O)CC2(CN)CCCCC2)C1. The Morgan fingerprint density at radius 1 is 1.12 bits per heavy atom. The number of piperidine rings is 1. The maximum atomic E-state index is 12.2. The van der Waals surface area contributed by atoms with Crippen LogP contribution in [-0.2, 0) is 4.79 Å². The lowest BCUT2D eigenvalue weighted by Crippen LogP contribution is -2.40. The van der Waals surface area contributed by atoms with Gasteiger partial charge in [-0.2, -0.15) is 0 Å².